The Morgan fingerprint density at radius 3 is 2.83 bits per heavy atom. The summed E-state index contributed by atoms with van der Waals surface area (Å²) in [5, 5.41) is 4.04. The highest BCUT2D eigenvalue weighted by Gasteiger charge is 2.21. The molecule has 1 unspecified atom stereocenters. The Kier molecular flexibility index (Phi) is 4.70. The lowest BCUT2D eigenvalue weighted by atomic mass is 10.00. The van der Waals surface area contributed by atoms with Crippen LogP contribution in [0.5, 0.6) is 0 Å². The Morgan fingerprint density at radius 2 is 1.93 bits per heavy atom. The third-order valence-electron chi connectivity index (χ3n) is 6.28. The van der Waals surface area contributed by atoms with Crippen molar-refractivity contribution in [2.45, 2.75) is 39.0 Å². The van der Waals surface area contributed by atoms with Crippen molar-refractivity contribution in [3.8, 4) is 0 Å². The molecule has 1 saturated heterocycles. The highest BCUT2D eigenvalue weighted by molar-refractivity contribution is 6.13. The van der Waals surface area contributed by atoms with E-state index >= 15 is 0 Å². The van der Waals surface area contributed by atoms with Gasteiger partial charge in [0.2, 0.25) is 0 Å². The largest absolute Gasteiger partial charge is 0.356 e. The number of benzene rings is 2. The number of rotatable bonds is 3. The Hall–Kier alpha value is -2.88. The third-order valence-corrected chi connectivity index (χ3v) is 6.28. The smallest absolute Gasteiger partial charge is 0.256 e. The number of aromatic nitrogens is 1. The van der Waals surface area contributed by atoms with E-state index in [9.17, 15) is 4.79 Å². The number of carbonyl (C=O) groups is 1. The fourth-order valence-corrected chi connectivity index (χ4v) is 4.76. The standard InChI is InChI=1S/C25H27N3O/c1-17-6-5-13-28(16-17)24-15-22(21-9-2-3-10-23(21)27-24)25(29)26-20-12-11-18-7-4-8-19(18)14-20/h2-3,9-12,14-15,17H,4-8,13,16H2,1H3,(H,26,29). The van der Waals surface area contributed by atoms with E-state index in [1.165, 1.54) is 30.4 Å². The summed E-state index contributed by atoms with van der Waals surface area (Å²) in [6.45, 7) is 4.29. The molecule has 148 valence electrons. The molecule has 2 aliphatic rings. The molecule has 1 amide bonds. The average Bonchev–Trinajstić information content (AvgIpc) is 3.21. The fraction of sp³-hybridized carbons (Fsp3) is 0.360. The van der Waals surface area contributed by atoms with Gasteiger partial charge in [-0.25, -0.2) is 4.98 Å². The second kappa shape index (κ2) is 7.51. The minimum absolute atomic E-state index is 0.0622. The first-order valence-corrected chi connectivity index (χ1v) is 10.8. The Labute approximate surface area is 171 Å². The predicted octanol–water partition coefficient (Wildman–Crippen LogP) is 5.21. The van der Waals surface area contributed by atoms with Gasteiger partial charge in [-0.1, -0.05) is 31.2 Å². The van der Waals surface area contributed by atoms with Gasteiger partial charge in [0, 0.05) is 24.2 Å². The second-order valence-corrected chi connectivity index (χ2v) is 8.53. The molecule has 4 nitrogen and oxygen atoms in total. The summed E-state index contributed by atoms with van der Waals surface area (Å²) in [6.07, 6.45) is 5.89. The van der Waals surface area contributed by atoms with Gasteiger partial charge in [0.1, 0.15) is 5.82 Å². The van der Waals surface area contributed by atoms with Crippen molar-refractivity contribution in [1.29, 1.82) is 0 Å². The fourth-order valence-electron chi connectivity index (χ4n) is 4.76. The summed E-state index contributed by atoms with van der Waals surface area (Å²) in [5.74, 6) is 1.50. The number of hydrogen-bond acceptors (Lipinski definition) is 3. The van der Waals surface area contributed by atoms with Crippen molar-refractivity contribution in [1.82, 2.24) is 4.98 Å². The van der Waals surface area contributed by atoms with Crippen LogP contribution in [0.25, 0.3) is 10.9 Å². The summed E-state index contributed by atoms with van der Waals surface area (Å²) in [5.41, 5.74) is 5.24. The number of aryl methyl sites for hydroxylation is 2. The maximum Gasteiger partial charge on any atom is 0.256 e. The lowest BCUT2D eigenvalue weighted by Gasteiger charge is -2.32. The van der Waals surface area contributed by atoms with E-state index in [1.807, 2.05) is 36.4 Å². The molecule has 1 aromatic heterocycles. The van der Waals surface area contributed by atoms with Crippen LogP contribution in [-0.2, 0) is 12.8 Å². The van der Waals surface area contributed by atoms with Crippen LogP contribution >= 0.6 is 0 Å². The molecule has 2 aromatic carbocycles. The van der Waals surface area contributed by atoms with Crippen molar-refractivity contribution in [3.63, 3.8) is 0 Å². The molecule has 1 atom stereocenters. The first-order chi connectivity index (χ1) is 14.2. The lowest BCUT2D eigenvalue weighted by molar-refractivity contribution is 0.102. The van der Waals surface area contributed by atoms with E-state index in [2.05, 4.69) is 29.3 Å². The summed E-state index contributed by atoms with van der Waals surface area (Å²) in [4.78, 5) is 20.5. The van der Waals surface area contributed by atoms with E-state index in [4.69, 9.17) is 4.98 Å². The number of hydrogen-bond donors (Lipinski definition) is 1. The van der Waals surface area contributed by atoms with Crippen molar-refractivity contribution < 1.29 is 4.79 Å². The highest BCUT2D eigenvalue weighted by atomic mass is 16.1. The molecule has 0 bridgehead atoms. The first-order valence-electron chi connectivity index (χ1n) is 10.8. The van der Waals surface area contributed by atoms with E-state index < -0.39 is 0 Å². The van der Waals surface area contributed by atoms with Crippen molar-refractivity contribution in [2.75, 3.05) is 23.3 Å². The summed E-state index contributed by atoms with van der Waals surface area (Å²) in [7, 11) is 0. The number of anilines is 2. The maximum absolute atomic E-state index is 13.3. The molecule has 1 aliphatic carbocycles. The van der Waals surface area contributed by atoms with Gasteiger partial charge in [-0.15, -0.1) is 0 Å². The topological polar surface area (TPSA) is 45.2 Å². The van der Waals surface area contributed by atoms with E-state index in [0.29, 0.717) is 11.5 Å². The molecule has 0 saturated carbocycles. The normalized spacial score (nSPS) is 18.7. The Balaban J connectivity index is 1.50. The number of fused-ring (bicyclic) bond motifs is 2. The number of carbonyl (C=O) groups excluding carboxylic acids is 1. The zero-order valence-electron chi connectivity index (χ0n) is 16.9. The van der Waals surface area contributed by atoms with Gasteiger partial charge in [-0.3, -0.25) is 4.79 Å². The number of pyridine rings is 1. The summed E-state index contributed by atoms with van der Waals surface area (Å²) in [6, 6.07) is 16.2. The van der Waals surface area contributed by atoms with Crippen LogP contribution in [0.1, 0.15) is 47.7 Å². The molecule has 1 fully saturated rings. The van der Waals surface area contributed by atoms with Crippen LogP contribution in [0.15, 0.2) is 48.5 Å². The predicted molar refractivity (Wildman–Crippen MR) is 119 cm³/mol. The molecule has 1 N–H and O–H groups in total. The van der Waals surface area contributed by atoms with Crippen molar-refractivity contribution >= 4 is 28.3 Å². The van der Waals surface area contributed by atoms with E-state index in [1.54, 1.807) is 0 Å². The minimum atomic E-state index is -0.0622. The number of nitrogens with one attached hydrogen (secondary N) is 1. The molecular weight excluding hydrogens is 358 g/mol. The molecule has 0 radical (unpaired) electrons. The van der Waals surface area contributed by atoms with Gasteiger partial charge >= 0.3 is 0 Å². The van der Waals surface area contributed by atoms with Crippen molar-refractivity contribution in [3.05, 3.63) is 65.2 Å². The molecule has 0 spiro atoms. The molecule has 5 rings (SSSR count). The quantitative estimate of drug-likeness (QED) is 0.673. The summed E-state index contributed by atoms with van der Waals surface area (Å²) < 4.78 is 0. The van der Waals surface area contributed by atoms with Gasteiger partial charge in [0.25, 0.3) is 5.91 Å². The van der Waals surface area contributed by atoms with Crippen molar-refractivity contribution in [2.24, 2.45) is 5.92 Å². The van der Waals surface area contributed by atoms with Crippen LogP contribution < -0.4 is 10.2 Å². The van der Waals surface area contributed by atoms with Crippen LogP contribution in [0, 0.1) is 5.92 Å². The zero-order valence-corrected chi connectivity index (χ0v) is 16.9. The van der Waals surface area contributed by atoms with E-state index in [0.717, 1.165) is 48.3 Å². The van der Waals surface area contributed by atoms with Gasteiger partial charge in [-0.2, -0.15) is 0 Å². The van der Waals surface area contributed by atoms with Gasteiger partial charge in [-0.05, 0) is 73.4 Å². The van der Waals surface area contributed by atoms with E-state index in [-0.39, 0.29) is 5.91 Å². The molecule has 3 aromatic rings. The SMILES string of the molecule is CC1CCCN(c2cc(C(=O)Nc3ccc4c(c3)CCC4)c3ccccc3n2)C1. The Bertz CT molecular complexity index is 1070. The molecular formula is C25H27N3O. The number of amides is 1. The third kappa shape index (κ3) is 3.59. The molecule has 29 heavy (non-hydrogen) atoms. The lowest BCUT2D eigenvalue weighted by Crippen LogP contribution is -2.35. The summed E-state index contributed by atoms with van der Waals surface area (Å²) >= 11 is 0. The maximum atomic E-state index is 13.3. The number of para-hydroxylation sites is 1. The molecule has 4 heteroatoms. The van der Waals surface area contributed by atoms with Crippen LogP contribution in [0.4, 0.5) is 11.5 Å². The highest BCUT2D eigenvalue weighted by Crippen LogP contribution is 2.28. The van der Waals surface area contributed by atoms with Crippen LogP contribution in [-0.4, -0.2) is 24.0 Å². The number of piperidine rings is 1. The monoisotopic (exact) mass is 385 g/mol. The molecule has 1 aliphatic heterocycles. The van der Waals surface area contributed by atoms with Gasteiger partial charge < -0.3 is 10.2 Å². The first kappa shape index (κ1) is 18.2. The Morgan fingerprint density at radius 1 is 1.07 bits per heavy atom. The minimum Gasteiger partial charge on any atom is -0.356 e. The average molecular weight is 386 g/mol. The van der Waals surface area contributed by atoms with Gasteiger partial charge in [0.05, 0.1) is 11.1 Å². The zero-order chi connectivity index (χ0) is 19.8. The molecule has 2 heterocycles. The second-order valence-electron chi connectivity index (χ2n) is 8.53. The van der Waals surface area contributed by atoms with Crippen LogP contribution in [0.3, 0.4) is 0 Å². The van der Waals surface area contributed by atoms with Crippen LogP contribution in [0.2, 0.25) is 0 Å². The van der Waals surface area contributed by atoms with Gasteiger partial charge in [0.15, 0.2) is 0 Å². The number of nitrogens with zero attached hydrogens (tertiary/aromatic N) is 2.